The zero-order chi connectivity index (χ0) is 19.5. The van der Waals surface area contributed by atoms with Crippen molar-refractivity contribution in [2.24, 2.45) is 0 Å². The number of benzene rings is 1. The summed E-state index contributed by atoms with van der Waals surface area (Å²) in [4.78, 5) is 16.0. The largest absolute Gasteiger partial charge is 0.457 e. The number of nitrogens with zero attached hydrogens (tertiary/aromatic N) is 2. The topological polar surface area (TPSA) is 65.2 Å². The summed E-state index contributed by atoms with van der Waals surface area (Å²) in [6, 6.07) is 4.72. The lowest BCUT2D eigenvalue weighted by Crippen LogP contribution is -2.25. The molecule has 5 nitrogen and oxygen atoms in total. The van der Waals surface area contributed by atoms with E-state index in [4.69, 9.17) is 9.26 Å². The Labute approximate surface area is 148 Å². The van der Waals surface area contributed by atoms with Crippen molar-refractivity contribution in [2.45, 2.75) is 45.4 Å². The zero-order valence-electron chi connectivity index (χ0n) is 14.7. The molecule has 0 fully saturated rings. The third-order valence-corrected chi connectivity index (χ3v) is 3.21. The maximum Gasteiger partial charge on any atom is 0.416 e. The Morgan fingerprint density at radius 1 is 1.19 bits per heavy atom. The van der Waals surface area contributed by atoms with Crippen LogP contribution in [0, 0.1) is 0 Å². The van der Waals surface area contributed by atoms with E-state index in [1.54, 1.807) is 20.8 Å². The van der Waals surface area contributed by atoms with Crippen LogP contribution in [0.4, 0.5) is 13.2 Å². The Morgan fingerprint density at radius 3 is 2.35 bits per heavy atom. The summed E-state index contributed by atoms with van der Waals surface area (Å²) in [6.45, 7) is 8.88. The maximum atomic E-state index is 12.6. The molecule has 0 saturated carbocycles. The summed E-state index contributed by atoms with van der Waals surface area (Å²) in [5, 5.41) is 3.77. The predicted molar refractivity (Wildman–Crippen MR) is 87.2 cm³/mol. The molecular weight excluding hydrogens is 349 g/mol. The molecule has 0 aliphatic rings. The highest BCUT2D eigenvalue weighted by molar-refractivity contribution is 5.88. The summed E-state index contributed by atoms with van der Waals surface area (Å²) in [7, 11) is 0. The lowest BCUT2D eigenvalue weighted by Gasteiger charge is -2.19. The lowest BCUT2D eigenvalue weighted by molar-refractivity contribution is -0.150. The number of ether oxygens (including phenoxy) is 1. The highest BCUT2D eigenvalue weighted by Gasteiger charge is 2.30. The number of rotatable bonds is 5. The molecule has 140 valence electrons. The predicted octanol–water partition coefficient (Wildman–Crippen LogP) is 4.12. The highest BCUT2D eigenvalue weighted by Crippen LogP contribution is 2.29. The van der Waals surface area contributed by atoms with Gasteiger partial charge in [-0.1, -0.05) is 23.9 Å². The van der Waals surface area contributed by atoms with Crippen LogP contribution in [-0.4, -0.2) is 21.7 Å². The van der Waals surface area contributed by atoms with E-state index >= 15 is 0 Å². The molecule has 1 aromatic heterocycles. The Balaban J connectivity index is 1.97. The minimum Gasteiger partial charge on any atom is -0.457 e. The first-order valence-corrected chi connectivity index (χ1v) is 7.83. The van der Waals surface area contributed by atoms with Crippen molar-refractivity contribution in [3.8, 4) is 0 Å². The SMILES string of the molecule is C=C(Cc1nc(Cc2ccc(C(F)(F)F)cc2)no1)C(=O)OC(C)(C)C. The van der Waals surface area contributed by atoms with Gasteiger partial charge in [-0.25, -0.2) is 4.79 Å². The fraction of sp³-hybridized carbons (Fsp3) is 0.389. The smallest absolute Gasteiger partial charge is 0.416 e. The molecule has 26 heavy (non-hydrogen) atoms. The van der Waals surface area contributed by atoms with E-state index in [2.05, 4.69) is 16.7 Å². The molecule has 1 aromatic carbocycles. The second kappa shape index (κ2) is 7.31. The number of carbonyl (C=O) groups excluding carboxylic acids is 1. The fourth-order valence-corrected chi connectivity index (χ4v) is 2.03. The lowest BCUT2D eigenvalue weighted by atomic mass is 10.1. The molecule has 0 unspecified atom stereocenters. The molecule has 8 heteroatoms. The monoisotopic (exact) mass is 368 g/mol. The van der Waals surface area contributed by atoms with Gasteiger partial charge in [-0.15, -0.1) is 0 Å². The van der Waals surface area contributed by atoms with Crippen LogP contribution in [0.2, 0.25) is 0 Å². The van der Waals surface area contributed by atoms with E-state index in [0.29, 0.717) is 11.4 Å². The molecule has 0 bridgehead atoms. The summed E-state index contributed by atoms with van der Waals surface area (Å²) in [5.74, 6) is -0.0699. The summed E-state index contributed by atoms with van der Waals surface area (Å²) in [5.41, 5.74) is -0.576. The minimum absolute atomic E-state index is 0.0366. The summed E-state index contributed by atoms with van der Waals surface area (Å²) in [6.07, 6.45) is -4.13. The van der Waals surface area contributed by atoms with E-state index in [9.17, 15) is 18.0 Å². The average molecular weight is 368 g/mol. The molecule has 1 heterocycles. The van der Waals surface area contributed by atoms with Crippen molar-refractivity contribution in [3.63, 3.8) is 0 Å². The van der Waals surface area contributed by atoms with Crippen LogP contribution in [0.3, 0.4) is 0 Å². The molecular formula is C18H19F3N2O3. The van der Waals surface area contributed by atoms with E-state index in [0.717, 1.165) is 12.1 Å². The van der Waals surface area contributed by atoms with Crippen LogP contribution < -0.4 is 0 Å². The number of hydrogen-bond donors (Lipinski definition) is 0. The number of alkyl halides is 3. The Morgan fingerprint density at radius 2 is 1.81 bits per heavy atom. The maximum absolute atomic E-state index is 12.6. The van der Waals surface area contributed by atoms with Crippen LogP contribution in [0.15, 0.2) is 40.9 Å². The molecule has 0 radical (unpaired) electrons. The molecule has 0 spiro atoms. The van der Waals surface area contributed by atoms with Crippen molar-refractivity contribution < 1.29 is 27.2 Å². The summed E-state index contributed by atoms with van der Waals surface area (Å²) >= 11 is 0. The van der Waals surface area contributed by atoms with Gasteiger partial charge < -0.3 is 9.26 Å². The first-order valence-electron chi connectivity index (χ1n) is 7.83. The highest BCUT2D eigenvalue weighted by atomic mass is 19.4. The third-order valence-electron chi connectivity index (χ3n) is 3.21. The van der Waals surface area contributed by atoms with E-state index < -0.39 is 23.3 Å². The summed E-state index contributed by atoms with van der Waals surface area (Å²) < 4.78 is 47.9. The molecule has 0 amide bonds. The van der Waals surface area contributed by atoms with Gasteiger partial charge in [-0.05, 0) is 38.5 Å². The van der Waals surface area contributed by atoms with E-state index in [-0.39, 0.29) is 24.3 Å². The van der Waals surface area contributed by atoms with Crippen LogP contribution >= 0.6 is 0 Å². The first-order chi connectivity index (χ1) is 11.9. The molecule has 0 N–H and O–H groups in total. The van der Waals surface area contributed by atoms with Gasteiger partial charge in [0.1, 0.15) is 5.60 Å². The van der Waals surface area contributed by atoms with Gasteiger partial charge in [0.15, 0.2) is 5.82 Å². The van der Waals surface area contributed by atoms with E-state index in [1.807, 2.05) is 0 Å². The van der Waals surface area contributed by atoms with Gasteiger partial charge in [0, 0.05) is 12.0 Å². The fourth-order valence-electron chi connectivity index (χ4n) is 2.03. The van der Waals surface area contributed by atoms with Crippen LogP contribution in [0.5, 0.6) is 0 Å². The second-order valence-corrected chi connectivity index (χ2v) is 6.76. The number of carbonyl (C=O) groups is 1. The Kier molecular flexibility index (Phi) is 5.53. The van der Waals surface area contributed by atoms with Crippen molar-refractivity contribution in [2.75, 3.05) is 0 Å². The molecule has 0 saturated heterocycles. The van der Waals surface area contributed by atoms with Gasteiger partial charge in [0.2, 0.25) is 5.89 Å². The molecule has 0 atom stereocenters. The first kappa shape index (κ1) is 19.7. The molecule has 2 rings (SSSR count). The Hall–Kier alpha value is -2.64. The normalized spacial score (nSPS) is 12.1. The Bertz CT molecular complexity index is 787. The van der Waals surface area contributed by atoms with Gasteiger partial charge in [0.05, 0.1) is 12.0 Å². The number of aromatic nitrogens is 2. The van der Waals surface area contributed by atoms with Crippen LogP contribution in [-0.2, 0) is 28.5 Å². The number of esters is 1. The minimum atomic E-state index is -4.38. The van der Waals surface area contributed by atoms with Crippen molar-refractivity contribution in [1.82, 2.24) is 10.1 Å². The van der Waals surface area contributed by atoms with Crippen LogP contribution in [0.1, 0.15) is 43.6 Å². The number of hydrogen-bond acceptors (Lipinski definition) is 5. The zero-order valence-corrected chi connectivity index (χ0v) is 14.7. The van der Waals surface area contributed by atoms with Crippen LogP contribution in [0.25, 0.3) is 0 Å². The van der Waals surface area contributed by atoms with Gasteiger partial charge in [-0.2, -0.15) is 18.2 Å². The average Bonchev–Trinajstić information content (AvgIpc) is 2.92. The van der Waals surface area contributed by atoms with E-state index in [1.165, 1.54) is 12.1 Å². The third kappa shape index (κ3) is 5.72. The molecule has 2 aromatic rings. The second-order valence-electron chi connectivity index (χ2n) is 6.76. The van der Waals surface area contributed by atoms with Crippen molar-refractivity contribution in [1.29, 1.82) is 0 Å². The molecule has 0 aliphatic carbocycles. The van der Waals surface area contributed by atoms with Crippen molar-refractivity contribution in [3.05, 3.63) is 59.3 Å². The van der Waals surface area contributed by atoms with Gasteiger partial charge >= 0.3 is 12.1 Å². The number of halogens is 3. The van der Waals surface area contributed by atoms with Gasteiger partial charge in [-0.3, -0.25) is 0 Å². The quantitative estimate of drug-likeness (QED) is 0.587. The van der Waals surface area contributed by atoms with Gasteiger partial charge in [0.25, 0.3) is 0 Å². The molecule has 0 aliphatic heterocycles. The standard InChI is InChI=1S/C18H19F3N2O3/c1-11(16(24)25-17(2,3)4)9-15-22-14(23-26-15)10-12-5-7-13(8-6-12)18(19,20)21/h5-8H,1,9-10H2,2-4H3. The van der Waals surface area contributed by atoms with Crippen molar-refractivity contribution >= 4 is 5.97 Å².